The smallest absolute Gasteiger partial charge is 0.333 e. The molecule has 0 saturated heterocycles. The van der Waals surface area contributed by atoms with E-state index in [2.05, 4.69) is 10.5 Å². The van der Waals surface area contributed by atoms with Gasteiger partial charge in [0.05, 0.1) is 12.8 Å². The summed E-state index contributed by atoms with van der Waals surface area (Å²) in [4.78, 5) is 24.2. The molecule has 1 aromatic heterocycles. The van der Waals surface area contributed by atoms with Crippen LogP contribution in [0, 0.1) is 13.8 Å². The molecule has 2 aromatic rings. The SMILES string of the molecule is COC(=O)[C@H](NC(=O)c1c(C)noc1C)c1ccccc1. The number of ether oxygens (including phenoxy) is 1. The van der Waals surface area contributed by atoms with Crippen LogP contribution in [-0.4, -0.2) is 24.1 Å². The minimum atomic E-state index is -0.877. The summed E-state index contributed by atoms with van der Waals surface area (Å²) < 4.78 is 9.72. The Morgan fingerprint density at radius 1 is 1.24 bits per heavy atom. The van der Waals surface area contributed by atoms with Crippen molar-refractivity contribution in [3.05, 3.63) is 52.9 Å². The average molecular weight is 288 g/mol. The zero-order valence-corrected chi connectivity index (χ0v) is 12.0. The third kappa shape index (κ3) is 3.10. The highest BCUT2D eigenvalue weighted by molar-refractivity contribution is 5.98. The molecule has 0 fully saturated rings. The van der Waals surface area contributed by atoms with Gasteiger partial charge in [0.2, 0.25) is 0 Å². The third-order valence-corrected chi connectivity index (χ3v) is 3.11. The van der Waals surface area contributed by atoms with Gasteiger partial charge in [0.25, 0.3) is 5.91 Å². The highest BCUT2D eigenvalue weighted by Gasteiger charge is 2.26. The van der Waals surface area contributed by atoms with E-state index in [1.54, 1.807) is 38.1 Å². The van der Waals surface area contributed by atoms with Crippen molar-refractivity contribution in [1.29, 1.82) is 0 Å². The second kappa shape index (κ2) is 6.21. The van der Waals surface area contributed by atoms with Crippen molar-refractivity contribution in [2.45, 2.75) is 19.9 Å². The molecule has 0 aliphatic heterocycles. The number of aromatic nitrogens is 1. The molecule has 110 valence electrons. The molecule has 0 unspecified atom stereocenters. The van der Waals surface area contributed by atoms with Crippen LogP contribution in [0.1, 0.15) is 33.4 Å². The van der Waals surface area contributed by atoms with Crippen molar-refractivity contribution in [1.82, 2.24) is 10.5 Å². The summed E-state index contributed by atoms with van der Waals surface area (Å²) in [5.74, 6) is -0.562. The van der Waals surface area contributed by atoms with Gasteiger partial charge in [-0.05, 0) is 19.4 Å². The fourth-order valence-electron chi connectivity index (χ4n) is 2.05. The predicted octanol–water partition coefficient (Wildman–Crippen LogP) is 1.94. The molecule has 0 bridgehead atoms. The van der Waals surface area contributed by atoms with E-state index in [0.717, 1.165) is 0 Å². The number of benzene rings is 1. The molecule has 1 N–H and O–H groups in total. The first kappa shape index (κ1) is 14.8. The van der Waals surface area contributed by atoms with Gasteiger partial charge in [0, 0.05) is 0 Å². The van der Waals surface area contributed by atoms with Crippen LogP contribution < -0.4 is 5.32 Å². The molecule has 0 spiro atoms. The van der Waals surface area contributed by atoms with Crippen molar-refractivity contribution >= 4 is 11.9 Å². The number of esters is 1. The highest BCUT2D eigenvalue weighted by Crippen LogP contribution is 2.17. The van der Waals surface area contributed by atoms with Crippen molar-refractivity contribution in [3.8, 4) is 0 Å². The second-order valence-electron chi connectivity index (χ2n) is 4.54. The zero-order chi connectivity index (χ0) is 15.4. The van der Waals surface area contributed by atoms with E-state index in [1.165, 1.54) is 7.11 Å². The highest BCUT2D eigenvalue weighted by atomic mass is 16.5. The summed E-state index contributed by atoms with van der Waals surface area (Å²) in [6, 6.07) is 8.01. The van der Waals surface area contributed by atoms with Crippen molar-refractivity contribution < 1.29 is 18.8 Å². The van der Waals surface area contributed by atoms with Gasteiger partial charge < -0.3 is 14.6 Å². The van der Waals surface area contributed by atoms with Crippen molar-refractivity contribution in [2.24, 2.45) is 0 Å². The van der Waals surface area contributed by atoms with E-state index in [9.17, 15) is 9.59 Å². The van der Waals surface area contributed by atoms with Gasteiger partial charge in [-0.25, -0.2) is 4.79 Å². The zero-order valence-electron chi connectivity index (χ0n) is 12.0. The lowest BCUT2D eigenvalue weighted by atomic mass is 10.1. The minimum absolute atomic E-state index is 0.333. The normalized spacial score (nSPS) is 11.8. The topological polar surface area (TPSA) is 81.4 Å². The van der Waals surface area contributed by atoms with Gasteiger partial charge in [-0.3, -0.25) is 4.79 Å². The number of amides is 1. The second-order valence-corrected chi connectivity index (χ2v) is 4.54. The Hall–Kier alpha value is -2.63. The number of nitrogens with one attached hydrogen (secondary N) is 1. The van der Waals surface area contributed by atoms with Crippen molar-refractivity contribution in [3.63, 3.8) is 0 Å². The molecule has 21 heavy (non-hydrogen) atoms. The number of aryl methyl sites for hydroxylation is 2. The summed E-state index contributed by atoms with van der Waals surface area (Å²) in [5, 5.41) is 6.38. The number of hydrogen-bond acceptors (Lipinski definition) is 5. The molecular formula is C15H16N2O4. The summed E-state index contributed by atoms with van der Waals surface area (Å²) in [7, 11) is 1.28. The largest absolute Gasteiger partial charge is 0.467 e. The van der Waals surface area contributed by atoms with Gasteiger partial charge in [-0.2, -0.15) is 0 Å². The quantitative estimate of drug-likeness (QED) is 0.869. The van der Waals surface area contributed by atoms with Gasteiger partial charge in [-0.15, -0.1) is 0 Å². The first-order valence-corrected chi connectivity index (χ1v) is 6.41. The molecule has 1 atom stereocenters. The Morgan fingerprint density at radius 3 is 2.43 bits per heavy atom. The summed E-state index contributed by atoms with van der Waals surface area (Å²) in [6.07, 6.45) is 0. The van der Waals surface area contributed by atoms with E-state index >= 15 is 0 Å². The van der Waals surface area contributed by atoms with E-state index in [0.29, 0.717) is 22.6 Å². The third-order valence-electron chi connectivity index (χ3n) is 3.11. The van der Waals surface area contributed by atoms with Crippen LogP contribution in [0.15, 0.2) is 34.9 Å². The fraction of sp³-hybridized carbons (Fsp3) is 0.267. The molecule has 0 aliphatic carbocycles. The molecule has 1 heterocycles. The standard InChI is InChI=1S/C15H16N2O4/c1-9-12(10(2)21-17-9)14(18)16-13(15(19)20-3)11-7-5-4-6-8-11/h4-8,13H,1-3H3,(H,16,18)/t13-/m1/s1. The molecule has 1 aromatic carbocycles. The van der Waals surface area contributed by atoms with Crippen LogP contribution in [0.4, 0.5) is 0 Å². The Morgan fingerprint density at radius 2 is 1.90 bits per heavy atom. The molecular weight excluding hydrogens is 272 g/mol. The maximum absolute atomic E-state index is 12.3. The average Bonchev–Trinajstić information content (AvgIpc) is 2.84. The van der Waals surface area contributed by atoms with Crippen LogP contribution >= 0.6 is 0 Å². The molecule has 2 rings (SSSR count). The number of carbonyl (C=O) groups excluding carboxylic acids is 2. The Labute approximate surface area is 122 Å². The van der Waals surface area contributed by atoms with E-state index in [4.69, 9.17) is 9.26 Å². The lowest BCUT2D eigenvalue weighted by Crippen LogP contribution is -2.35. The van der Waals surface area contributed by atoms with Crippen LogP contribution in [0.25, 0.3) is 0 Å². The van der Waals surface area contributed by atoms with Gasteiger partial charge in [0.15, 0.2) is 6.04 Å². The van der Waals surface area contributed by atoms with Gasteiger partial charge in [-0.1, -0.05) is 35.5 Å². The molecule has 6 nitrogen and oxygen atoms in total. The maximum atomic E-state index is 12.3. The number of nitrogens with zero attached hydrogens (tertiary/aromatic N) is 1. The van der Waals surface area contributed by atoms with Crippen LogP contribution in [0.3, 0.4) is 0 Å². The van der Waals surface area contributed by atoms with E-state index < -0.39 is 17.9 Å². The Balaban J connectivity index is 2.28. The summed E-state index contributed by atoms with van der Waals surface area (Å²) in [6.45, 7) is 3.31. The first-order chi connectivity index (χ1) is 10.0. The molecule has 0 radical (unpaired) electrons. The Kier molecular flexibility index (Phi) is 4.37. The number of carbonyl (C=O) groups is 2. The molecule has 0 aliphatic rings. The van der Waals surface area contributed by atoms with Crippen LogP contribution in [-0.2, 0) is 9.53 Å². The van der Waals surface area contributed by atoms with E-state index in [1.807, 2.05) is 6.07 Å². The predicted molar refractivity (Wildman–Crippen MR) is 74.6 cm³/mol. The van der Waals surface area contributed by atoms with Gasteiger partial charge >= 0.3 is 5.97 Å². The van der Waals surface area contributed by atoms with Crippen LogP contribution in [0.2, 0.25) is 0 Å². The molecule has 6 heteroatoms. The first-order valence-electron chi connectivity index (χ1n) is 6.41. The lowest BCUT2D eigenvalue weighted by Gasteiger charge is -2.16. The minimum Gasteiger partial charge on any atom is -0.467 e. The lowest BCUT2D eigenvalue weighted by molar-refractivity contribution is -0.143. The van der Waals surface area contributed by atoms with Crippen LogP contribution in [0.5, 0.6) is 0 Å². The van der Waals surface area contributed by atoms with E-state index in [-0.39, 0.29) is 0 Å². The number of methoxy groups -OCH3 is 1. The van der Waals surface area contributed by atoms with Crippen molar-refractivity contribution in [2.75, 3.05) is 7.11 Å². The summed E-state index contributed by atoms with van der Waals surface area (Å²) in [5.41, 5.74) is 1.45. The summed E-state index contributed by atoms with van der Waals surface area (Å²) >= 11 is 0. The fourth-order valence-corrected chi connectivity index (χ4v) is 2.05. The van der Waals surface area contributed by atoms with Gasteiger partial charge in [0.1, 0.15) is 11.3 Å². The number of rotatable bonds is 4. The molecule has 1 amide bonds. The monoisotopic (exact) mass is 288 g/mol. The number of hydrogen-bond donors (Lipinski definition) is 1. The Bertz CT molecular complexity index is 629. The molecule has 0 saturated carbocycles. The maximum Gasteiger partial charge on any atom is 0.333 e.